The van der Waals surface area contributed by atoms with Gasteiger partial charge in [0.2, 0.25) is 0 Å². The van der Waals surface area contributed by atoms with Gasteiger partial charge in [-0.05, 0) is 187 Å². The highest BCUT2D eigenvalue weighted by atomic mass is 79.9. The van der Waals surface area contributed by atoms with Gasteiger partial charge in [-0.2, -0.15) is 0 Å². The van der Waals surface area contributed by atoms with Crippen LogP contribution in [0.1, 0.15) is 85.1 Å². The minimum Gasteiger partial charge on any atom is -0.487 e. The van der Waals surface area contributed by atoms with Crippen molar-refractivity contribution in [2.24, 2.45) is 0 Å². The van der Waals surface area contributed by atoms with Crippen molar-refractivity contribution in [2.75, 3.05) is 17.2 Å². The Morgan fingerprint density at radius 2 is 1.07 bits per heavy atom. The van der Waals surface area contributed by atoms with Crippen LogP contribution in [0.25, 0.3) is 0 Å². The third kappa shape index (κ3) is 13.9. The lowest BCUT2D eigenvalue weighted by molar-refractivity contribution is -0.158. The molecule has 4 aromatic rings. The molecular formula is C42H47Br4N3O6. The number of ether oxygens (including phenoxy) is 3. The van der Waals surface area contributed by atoms with Gasteiger partial charge in [0.05, 0.1) is 24.3 Å². The number of anilines is 2. The average molecular weight is 1010 g/mol. The summed E-state index contributed by atoms with van der Waals surface area (Å²) in [7, 11) is 0. The van der Waals surface area contributed by atoms with Crippen molar-refractivity contribution in [1.29, 1.82) is 0 Å². The quantitative estimate of drug-likeness (QED) is 0.0667. The van der Waals surface area contributed by atoms with E-state index in [1.165, 1.54) is 0 Å². The molecule has 55 heavy (non-hydrogen) atoms. The Hall–Kier alpha value is -3.39. The maximum absolute atomic E-state index is 12.9. The van der Waals surface area contributed by atoms with Gasteiger partial charge < -0.3 is 30.2 Å². The van der Waals surface area contributed by atoms with E-state index in [4.69, 9.17) is 14.2 Å². The normalized spacial score (nSPS) is 12.0. The van der Waals surface area contributed by atoms with Crippen LogP contribution in [0.2, 0.25) is 0 Å². The Morgan fingerprint density at radius 1 is 0.618 bits per heavy atom. The lowest BCUT2D eigenvalue weighted by Crippen LogP contribution is -2.31. The van der Waals surface area contributed by atoms with Crippen molar-refractivity contribution in [3.63, 3.8) is 0 Å². The first-order valence-electron chi connectivity index (χ1n) is 18.1. The summed E-state index contributed by atoms with van der Waals surface area (Å²) >= 11 is 14.2. The lowest BCUT2D eigenvalue weighted by Gasteiger charge is -2.16. The van der Waals surface area contributed by atoms with E-state index in [2.05, 4.69) is 151 Å². The zero-order valence-corrected chi connectivity index (χ0v) is 38.2. The van der Waals surface area contributed by atoms with Gasteiger partial charge in [-0.1, -0.05) is 26.0 Å². The van der Waals surface area contributed by atoms with Crippen LogP contribution in [0.3, 0.4) is 0 Å². The number of carbonyl (C=O) groups excluding carboxylic acids is 3. The van der Waals surface area contributed by atoms with Crippen molar-refractivity contribution >= 4 is 92.9 Å². The molecule has 3 N–H and O–H groups in total. The molecule has 0 saturated carbocycles. The minimum atomic E-state index is -0.860. The molecule has 2 atom stereocenters. The first-order chi connectivity index (χ1) is 26.1. The summed E-state index contributed by atoms with van der Waals surface area (Å²) in [4.78, 5) is 37.9. The molecule has 0 aromatic heterocycles. The van der Waals surface area contributed by atoms with Crippen molar-refractivity contribution in [3.8, 4) is 11.5 Å². The lowest BCUT2D eigenvalue weighted by atomic mass is 10.1. The first-order valence-corrected chi connectivity index (χ1v) is 21.3. The maximum Gasteiger partial charge on any atom is 0.333 e. The monoisotopic (exact) mass is 1010 g/mol. The van der Waals surface area contributed by atoms with Crippen LogP contribution in [0, 0.1) is 13.8 Å². The highest BCUT2D eigenvalue weighted by Gasteiger charge is 2.18. The predicted molar refractivity (Wildman–Crippen MR) is 233 cm³/mol. The molecule has 0 aliphatic heterocycles. The predicted octanol–water partition coefficient (Wildman–Crippen LogP) is 11.4. The molecule has 0 fully saturated rings. The van der Waals surface area contributed by atoms with E-state index in [0.717, 1.165) is 61.0 Å². The number of nitrogens with one attached hydrogen (secondary N) is 3. The molecule has 2 unspecified atom stereocenters. The molecule has 1 amide bonds. The van der Waals surface area contributed by atoms with Gasteiger partial charge in [0, 0.05) is 29.0 Å². The summed E-state index contributed by atoms with van der Waals surface area (Å²) in [5.41, 5.74) is 7.52. The van der Waals surface area contributed by atoms with Crippen LogP contribution in [-0.4, -0.2) is 36.5 Å². The minimum absolute atomic E-state index is 0.0341. The van der Waals surface area contributed by atoms with Gasteiger partial charge in [0.15, 0.2) is 0 Å². The van der Waals surface area contributed by atoms with Crippen LogP contribution >= 0.6 is 63.7 Å². The summed E-state index contributed by atoms with van der Waals surface area (Å²) in [6.45, 7) is 12.9. The van der Waals surface area contributed by atoms with Crippen LogP contribution in [-0.2, 0) is 34.0 Å². The summed E-state index contributed by atoms with van der Waals surface area (Å²) in [6, 6.07) is 20.2. The fourth-order valence-electron chi connectivity index (χ4n) is 5.58. The topological polar surface area (TPSA) is 115 Å². The van der Waals surface area contributed by atoms with Crippen LogP contribution in [0.5, 0.6) is 11.5 Å². The van der Waals surface area contributed by atoms with E-state index in [-0.39, 0.29) is 12.0 Å². The van der Waals surface area contributed by atoms with Gasteiger partial charge in [-0.25, -0.2) is 4.79 Å². The molecule has 0 radical (unpaired) electrons. The smallest absolute Gasteiger partial charge is 0.333 e. The maximum atomic E-state index is 12.9. The number of carbonyl (C=O) groups is 3. The summed E-state index contributed by atoms with van der Waals surface area (Å²) in [5.74, 6) is -0.897. The Balaban J connectivity index is 1.24. The van der Waals surface area contributed by atoms with Crippen LogP contribution in [0.4, 0.5) is 11.4 Å². The number of aryl methyl sites for hydroxylation is 3. The number of esters is 2. The van der Waals surface area contributed by atoms with Crippen molar-refractivity contribution in [3.05, 3.63) is 112 Å². The molecule has 4 rings (SSSR count). The molecule has 294 valence electrons. The second kappa shape index (κ2) is 21.2. The number of hydrogen-bond acceptors (Lipinski definition) is 8. The molecule has 0 spiro atoms. The van der Waals surface area contributed by atoms with E-state index in [1.54, 1.807) is 12.1 Å². The average Bonchev–Trinajstić information content (AvgIpc) is 3.11. The Kier molecular flexibility index (Phi) is 17.1. The second-order valence-corrected chi connectivity index (χ2v) is 17.0. The SMILES string of the molecule is CCC(C)Nc1cc(C)cc(COc2c(Br)cc(CCC(=O)OC(=O)CNC(=O)c3cc(Br)c(OCc4cc(C)cc(NC(C)CC)c4)c(Br)c3)cc2Br)c1. The molecule has 0 bridgehead atoms. The van der Waals surface area contributed by atoms with E-state index in [0.29, 0.717) is 52.2 Å². The molecule has 0 aliphatic carbocycles. The van der Waals surface area contributed by atoms with Gasteiger partial charge in [-0.3, -0.25) is 9.59 Å². The van der Waals surface area contributed by atoms with Crippen molar-refractivity contribution in [1.82, 2.24) is 5.32 Å². The number of hydrogen-bond donors (Lipinski definition) is 3. The molecule has 13 heteroatoms. The molecule has 0 heterocycles. The molecule has 0 saturated heterocycles. The largest absolute Gasteiger partial charge is 0.487 e. The molecule has 0 aliphatic rings. The summed E-state index contributed by atoms with van der Waals surface area (Å²) < 4.78 is 19.8. The molecular weight excluding hydrogens is 962 g/mol. The van der Waals surface area contributed by atoms with Gasteiger partial charge in [0.1, 0.15) is 31.3 Å². The highest BCUT2D eigenvalue weighted by molar-refractivity contribution is 9.11. The van der Waals surface area contributed by atoms with E-state index in [1.807, 2.05) is 19.1 Å². The zero-order chi connectivity index (χ0) is 40.2. The van der Waals surface area contributed by atoms with E-state index in [9.17, 15) is 14.4 Å². The first kappa shape index (κ1) is 44.3. The third-order valence-electron chi connectivity index (χ3n) is 8.65. The number of rotatable bonds is 18. The standard InChI is InChI=1S/C42H47Br4N3O6/c1-7-26(5)48-32-13-24(3)11-29(15-32)22-53-40-34(43)17-28(18-35(40)44)9-10-38(50)55-39(51)21-47-42(52)31-19-36(45)41(37(46)20-31)54-23-30-12-25(4)14-33(16-30)49-27(6)8-2/h11-20,26-27,48-49H,7-10,21-23H2,1-6H3,(H,47,52). The summed E-state index contributed by atoms with van der Waals surface area (Å²) in [6.07, 6.45) is 2.33. The molecule has 4 aromatic carbocycles. The van der Waals surface area contributed by atoms with Gasteiger partial charge in [-0.15, -0.1) is 0 Å². The van der Waals surface area contributed by atoms with Crippen molar-refractivity contribution < 1.29 is 28.6 Å². The number of amides is 1. The summed E-state index contributed by atoms with van der Waals surface area (Å²) in [5, 5.41) is 9.53. The second-order valence-electron chi connectivity index (χ2n) is 13.6. The van der Waals surface area contributed by atoms with E-state index >= 15 is 0 Å². The fraction of sp³-hybridized carbons (Fsp3) is 0.357. The Morgan fingerprint density at radius 3 is 1.53 bits per heavy atom. The van der Waals surface area contributed by atoms with Gasteiger partial charge in [0.25, 0.3) is 5.91 Å². The Labute approximate surface area is 357 Å². The van der Waals surface area contributed by atoms with Crippen molar-refractivity contribution in [2.45, 2.75) is 92.5 Å². The van der Waals surface area contributed by atoms with Gasteiger partial charge >= 0.3 is 11.9 Å². The Bertz CT molecular complexity index is 1960. The van der Waals surface area contributed by atoms with E-state index < -0.39 is 24.4 Å². The number of halogens is 4. The van der Waals surface area contributed by atoms with Crippen LogP contribution < -0.4 is 25.4 Å². The molecule has 9 nitrogen and oxygen atoms in total. The number of benzene rings is 4. The van der Waals surface area contributed by atoms with Crippen LogP contribution in [0.15, 0.2) is 78.6 Å². The zero-order valence-electron chi connectivity index (χ0n) is 31.8. The third-order valence-corrected chi connectivity index (χ3v) is 11.0. The fourth-order valence-corrected chi connectivity index (χ4v) is 8.51. The highest BCUT2D eigenvalue weighted by Crippen LogP contribution is 2.37.